The number of hydrogen-bond donors (Lipinski definition) is 2. The molecule has 0 aliphatic carbocycles. The molecule has 5 heteroatoms. The van der Waals surface area contributed by atoms with Crippen LogP contribution in [-0.4, -0.2) is 22.2 Å². The summed E-state index contributed by atoms with van der Waals surface area (Å²) in [5.74, 6) is 0.675. The molecule has 2 aromatic heterocycles. The minimum atomic E-state index is -1.55. The van der Waals surface area contributed by atoms with Crippen LogP contribution in [-0.2, 0) is 0 Å². The van der Waals surface area contributed by atoms with Crippen molar-refractivity contribution in [1.82, 2.24) is 4.98 Å². The Labute approximate surface area is 81.0 Å². The van der Waals surface area contributed by atoms with Crippen molar-refractivity contribution >= 4 is 12.7 Å². The maximum Gasteiger partial charge on any atom is 0.508 e. The molecular formula is C9H8BNO3. The zero-order valence-electron chi connectivity index (χ0n) is 7.29. The molecule has 0 spiro atoms. The van der Waals surface area contributed by atoms with Crippen LogP contribution in [0.4, 0.5) is 0 Å². The van der Waals surface area contributed by atoms with E-state index in [1.807, 2.05) is 0 Å². The first-order valence-electron chi connectivity index (χ1n) is 4.13. The van der Waals surface area contributed by atoms with Gasteiger partial charge in [0.15, 0.2) is 0 Å². The van der Waals surface area contributed by atoms with E-state index in [4.69, 9.17) is 14.5 Å². The highest BCUT2D eigenvalue weighted by Crippen LogP contribution is 2.17. The molecule has 0 radical (unpaired) electrons. The van der Waals surface area contributed by atoms with Crippen molar-refractivity contribution in [3.8, 4) is 11.3 Å². The molecule has 4 nitrogen and oxygen atoms in total. The summed E-state index contributed by atoms with van der Waals surface area (Å²) in [6.45, 7) is 0. The summed E-state index contributed by atoms with van der Waals surface area (Å²) in [4.78, 5) is 3.81. The van der Waals surface area contributed by atoms with Gasteiger partial charge in [-0.2, -0.15) is 0 Å². The highest BCUT2D eigenvalue weighted by molar-refractivity contribution is 6.57. The van der Waals surface area contributed by atoms with Gasteiger partial charge < -0.3 is 14.5 Å². The van der Waals surface area contributed by atoms with Crippen molar-refractivity contribution in [2.45, 2.75) is 0 Å². The number of nitrogens with zero attached hydrogens (tertiary/aromatic N) is 1. The molecule has 14 heavy (non-hydrogen) atoms. The van der Waals surface area contributed by atoms with E-state index >= 15 is 0 Å². The third-order valence-corrected chi connectivity index (χ3v) is 1.85. The maximum absolute atomic E-state index is 8.91. The first kappa shape index (κ1) is 8.99. The largest absolute Gasteiger partial charge is 0.508 e. The number of hydrogen-bond acceptors (Lipinski definition) is 4. The zero-order valence-corrected chi connectivity index (χ0v) is 7.29. The van der Waals surface area contributed by atoms with Crippen LogP contribution in [0, 0.1) is 0 Å². The molecule has 2 rings (SSSR count). The molecule has 0 aliphatic heterocycles. The molecule has 2 heterocycles. The molecule has 70 valence electrons. The van der Waals surface area contributed by atoms with Crippen LogP contribution >= 0.6 is 0 Å². The topological polar surface area (TPSA) is 66.5 Å². The Hall–Kier alpha value is -1.59. The molecule has 0 bridgehead atoms. The lowest BCUT2D eigenvalue weighted by Crippen LogP contribution is -2.32. The van der Waals surface area contributed by atoms with Gasteiger partial charge in [0.1, 0.15) is 5.76 Å². The minimum Gasteiger partial charge on any atom is -0.464 e. The Morgan fingerprint density at radius 2 is 2.14 bits per heavy atom. The van der Waals surface area contributed by atoms with Gasteiger partial charge in [-0.25, -0.2) is 0 Å². The van der Waals surface area contributed by atoms with Gasteiger partial charge in [0, 0.05) is 11.8 Å². The molecule has 0 amide bonds. The second-order valence-electron chi connectivity index (χ2n) is 2.82. The quantitative estimate of drug-likeness (QED) is 0.653. The lowest BCUT2D eigenvalue weighted by molar-refractivity contribution is 0.424. The van der Waals surface area contributed by atoms with Gasteiger partial charge in [-0.1, -0.05) is 0 Å². The number of pyridine rings is 1. The molecule has 2 N–H and O–H groups in total. The summed E-state index contributed by atoms with van der Waals surface area (Å²) in [6, 6.07) is 6.88. The predicted molar refractivity (Wildman–Crippen MR) is 51.8 cm³/mol. The van der Waals surface area contributed by atoms with E-state index in [-0.39, 0.29) is 5.59 Å². The summed E-state index contributed by atoms with van der Waals surface area (Å²) in [5.41, 5.74) is 0.979. The summed E-state index contributed by atoms with van der Waals surface area (Å²) in [6.07, 6.45) is 3.07. The highest BCUT2D eigenvalue weighted by atomic mass is 16.4. The summed E-state index contributed by atoms with van der Waals surface area (Å²) in [5, 5.41) is 17.8. The Morgan fingerprint density at radius 3 is 2.79 bits per heavy atom. The fraction of sp³-hybridized carbons (Fsp3) is 0. The van der Waals surface area contributed by atoms with Crippen LogP contribution in [0.15, 0.2) is 41.1 Å². The normalized spacial score (nSPS) is 10.1. The van der Waals surface area contributed by atoms with Crippen LogP contribution in [0.25, 0.3) is 11.3 Å². The van der Waals surface area contributed by atoms with Gasteiger partial charge in [-0.05, 0) is 24.3 Å². The van der Waals surface area contributed by atoms with Gasteiger partial charge in [0.25, 0.3) is 0 Å². The molecular weight excluding hydrogens is 181 g/mol. The molecule has 0 atom stereocenters. The first-order valence-corrected chi connectivity index (χ1v) is 4.13. The van der Waals surface area contributed by atoms with Crippen LogP contribution in [0.3, 0.4) is 0 Å². The SMILES string of the molecule is OB(O)c1cc(-c2ccco2)ccn1. The Bertz CT molecular complexity index is 414. The Morgan fingerprint density at radius 1 is 1.29 bits per heavy atom. The van der Waals surface area contributed by atoms with E-state index in [2.05, 4.69) is 4.98 Å². The smallest absolute Gasteiger partial charge is 0.464 e. The fourth-order valence-corrected chi connectivity index (χ4v) is 1.19. The van der Waals surface area contributed by atoms with Crippen LogP contribution in [0.2, 0.25) is 0 Å². The summed E-state index contributed by atoms with van der Waals surface area (Å²) < 4.78 is 5.16. The molecule has 0 aromatic carbocycles. The number of rotatable bonds is 2. The summed E-state index contributed by atoms with van der Waals surface area (Å²) in [7, 11) is -1.55. The van der Waals surface area contributed by atoms with Crippen LogP contribution < -0.4 is 5.59 Å². The monoisotopic (exact) mass is 189 g/mol. The average molecular weight is 189 g/mol. The maximum atomic E-state index is 8.91. The zero-order chi connectivity index (χ0) is 9.97. The van der Waals surface area contributed by atoms with Crippen molar-refractivity contribution in [2.24, 2.45) is 0 Å². The standard InChI is InChI=1S/C9H8BNO3/c12-10(13)9-6-7(3-4-11-9)8-2-1-5-14-8/h1-6,12-13H. The Kier molecular flexibility index (Phi) is 2.34. The average Bonchev–Trinajstić information content (AvgIpc) is 2.71. The van der Waals surface area contributed by atoms with Gasteiger partial charge >= 0.3 is 7.12 Å². The Balaban J connectivity index is 2.41. The van der Waals surface area contributed by atoms with E-state index in [0.29, 0.717) is 5.76 Å². The van der Waals surface area contributed by atoms with Crippen molar-refractivity contribution in [1.29, 1.82) is 0 Å². The molecule has 0 saturated carbocycles. The van der Waals surface area contributed by atoms with E-state index < -0.39 is 7.12 Å². The molecule has 0 unspecified atom stereocenters. The second kappa shape index (κ2) is 3.65. The van der Waals surface area contributed by atoms with Gasteiger partial charge in [0.05, 0.1) is 11.9 Å². The van der Waals surface area contributed by atoms with E-state index in [9.17, 15) is 0 Å². The van der Waals surface area contributed by atoms with E-state index in [1.165, 1.54) is 6.20 Å². The fourth-order valence-electron chi connectivity index (χ4n) is 1.19. The van der Waals surface area contributed by atoms with Crippen molar-refractivity contribution in [2.75, 3.05) is 0 Å². The number of aromatic nitrogens is 1. The second-order valence-corrected chi connectivity index (χ2v) is 2.82. The summed E-state index contributed by atoms with van der Waals surface area (Å²) >= 11 is 0. The lowest BCUT2D eigenvalue weighted by atomic mass is 9.85. The van der Waals surface area contributed by atoms with Crippen molar-refractivity contribution in [3.05, 3.63) is 36.7 Å². The van der Waals surface area contributed by atoms with Crippen molar-refractivity contribution < 1.29 is 14.5 Å². The van der Waals surface area contributed by atoms with Gasteiger partial charge in [-0.3, -0.25) is 4.98 Å². The van der Waals surface area contributed by atoms with Crippen LogP contribution in [0.5, 0.6) is 0 Å². The lowest BCUT2D eigenvalue weighted by Gasteiger charge is -2.00. The predicted octanol–water partition coefficient (Wildman–Crippen LogP) is 0.0214. The molecule has 2 aromatic rings. The number of furan rings is 1. The minimum absolute atomic E-state index is 0.207. The van der Waals surface area contributed by atoms with E-state index in [1.54, 1.807) is 30.5 Å². The van der Waals surface area contributed by atoms with Gasteiger partial charge in [0.2, 0.25) is 0 Å². The van der Waals surface area contributed by atoms with Crippen molar-refractivity contribution in [3.63, 3.8) is 0 Å². The van der Waals surface area contributed by atoms with E-state index in [0.717, 1.165) is 5.56 Å². The van der Waals surface area contributed by atoms with Gasteiger partial charge in [-0.15, -0.1) is 0 Å². The first-order chi connectivity index (χ1) is 6.77. The van der Waals surface area contributed by atoms with Crippen LogP contribution in [0.1, 0.15) is 0 Å². The third-order valence-electron chi connectivity index (χ3n) is 1.85. The molecule has 0 aliphatic rings. The highest BCUT2D eigenvalue weighted by Gasteiger charge is 2.13. The molecule has 0 fully saturated rings. The molecule has 0 saturated heterocycles. The third kappa shape index (κ3) is 1.68.